The van der Waals surface area contributed by atoms with Crippen molar-refractivity contribution < 1.29 is 0 Å². The average molecular weight is 191 g/mol. The second-order valence-electron chi connectivity index (χ2n) is 3.96. The van der Waals surface area contributed by atoms with Crippen LogP contribution in [0.5, 0.6) is 0 Å². The number of aryl methyl sites for hydroxylation is 1. The third-order valence-electron chi connectivity index (χ3n) is 2.93. The average Bonchev–Trinajstić information content (AvgIpc) is 2.65. The van der Waals surface area contributed by atoms with E-state index in [2.05, 4.69) is 22.4 Å². The molecule has 1 aromatic rings. The monoisotopic (exact) mass is 191 g/mol. The van der Waals surface area contributed by atoms with Gasteiger partial charge in [0, 0.05) is 23.9 Å². The highest BCUT2D eigenvalue weighted by molar-refractivity contribution is 5.17. The molecule has 0 saturated carbocycles. The lowest BCUT2D eigenvalue weighted by molar-refractivity contribution is 0.521. The lowest BCUT2D eigenvalue weighted by Gasteiger charge is -2.16. The van der Waals surface area contributed by atoms with Gasteiger partial charge in [-0.3, -0.25) is 4.98 Å². The molecule has 0 spiro atoms. The molecule has 1 aromatic heterocycles. The highest BCUT2D eigenvalue weighted by Crippen LogP contribution is 2.25. The Labute approximate surface area is 84.7 Å². The number of nitrogens with zero attached hydrogens (tertiary/aromatic N) is 1. The maximum Gasteiger partial charge on any atom is 0.0454 e. The molecule has 76 valence electrons. The summed E-state index contributed by atoms with van der Waals surface area (Å²) in [5.41, 5.74) is 8.01. The Balaban J connectivity index is 2.21. The van der Waals surface area contributed by atoms with E-state index in [9.17, 15) is 0 Å². The van der Waals surface area contributed by atoms with Gasteiger partial charge >= 0.3 is 0 Å². The molecule has 1 fully saturated rings. The SMILES string of the molecule is Cc1cccc(C2CNCC2CN)n1. The fourth-order valence-corrected chi connectivity index (χ4v) is 2.10. The first kappa shape index (κ1) is 9.62. The van der Waals surface area contributed by atoms with Crippen molar-refractivity contribution >= 4 is 0 Å². The van der Waals surface area contributed by atoms with Gasteiger partial charge in [-0.2, -0.15) is 0 Å². The van der Waals surface area contributed by atoms with Gasteiger partial charge in [0.2, 0.25) is 0 Å². The van der Waals surface area contributed by atoms with E-state index < -0.39 is 0 Å². The molecule has 3 nitrogen and oxygen atoms in total. The van der Waals surface area contributed by atoms with Crippen molar-refractivity contribution in [3.05, 3.63) is 29.6 Å². The highest BCUT2D eigenvalue weighted by atomic mass is 14.9. The Bertz CT molecular complexity index is 311. The van der Waals surface area contributed by atoms with E-state index in [1.807, 2.05) is 13.0 Å². The molecule has 14 heavy (non-hydrogen) atoms. The molecule has 1 saturated heterocycles. The van der Waals surface area contributed by atoms with Crippen molar-refractivity contribution in [2.45, 2.75) is 12.8 Å². The largest absolute Gasteiger partial charge is 0.330 e. The molecule has 1 aliphatic rings. The minimum absolute atomic E-state index is 0.500. The highest BCUT2D eigenvalue weighted by Gasteiger charge is 2.27. The predicted molar refractivity (Wildman–Crippen MR) is 57.1 cm³/mol. The minimum atomic E-state index is 0.500. The van der Waals surface area contributed by atoms with Crippen molar-refractivity contribution in [1.82, 2.24) is 10.3 Å². The molecule has 2 rings (SSSR count). The molecular formula is C11H17N3. The van der Waals surface area contributed by atoms with Crippen molar-refractivity contribution in [3.63, 3.8) is 0 Å². The Morgan fingerprint density at radius 3 is 3.07 bits per heavy atom. The van der Waals surface area contributed by atoms with Crippen LogP contribution in [0.2, 0.25) is 0 Å². The van der Waals surface area contributed by atoms with Gasteiger partial charge in [-0.25, -0.2) is 0 Å². The van der Waals surface area contributed by atoms with Crippen molar-refractivity contribution in [3.8, 4) is 0 Å². The zero-order chi connectivity index (χ0) is 9.97. The standard InChI is InChI=1S/C11H17N3/c1-8-3-2-4-11(14-8)10-7-13-6-9(10)5-12/h2-4,9-10,13H,5-7,12H2,1H3. The molecule has 0 radical (unpaired) electrons. The van der Waals surface area contributed by atoms with Crippen LogP contribution in [-0.2, 0) is 0 Å². The van der Waals surface area contributed by atoms with Crippen molar-refractivity contribution in [2.24, 2.45) is 11.7 Å². The van der Waals surface area contributed by atoms with E-state index in [0.717, 1.165) is 25.3 Å². The zero-order valence-corrected chi connectivity index (χ0v) is 8.53. The summed E-state index contributed by atoms with van der Waals surface area (Å²) >= 11 is 0. The van der Waals surface area contributed by atoms with Crippen LogP contribution < -0.4 is 11.1 Å². The van der Waals surface area contributed by atoms with Crippen LogP contribution in [0.4, 0.5) is 0 Å². The first-order valence-corrected chi connectivity index (χ1v) is 5.15. The molecule has 0 bridgehead atoms. The molecule has 3 heteroatoms. The summed E-state index contributed by atoms with van der Waals surface area (Å²) in [6, 6.07) is 6.21. The number of pyridine rings is 1. The summed E-state index contributed by atoms with van der Waals surface area (Å²) in [4.78, 5) is 4.56. The normalized spacial score (nSPS) is 26.7. The van der Waals surface area contributed by atoms with Gasteiger partial charge in [-0.1, -0.05) is 6.07 Å². The zero-order valence-electron chi connectivity index (χ0n) is 8.53. The Morgan fingerprint density at radius 1 is 1.50 bits per heavy atom. The summed E-state index contributed by atoms with van der Waals surface area (Å²) in [7, 11) is 0. The first-order valence-electron chi connectivity index (χ1n) is 5.15. The molecule has 2 unspecified atom stereocenters. The topological polar surface area (TPSA) is 50.9 Å². The maximum absolute atomic E-state index is 5.73. The van der Waals surface area contributed by atoms with Crippen LogP contribution in [-0.4, -0.2) is 24.6 Å². The fraction of sp³-hybridized carbons (Fsp3) is 0.545. The first-order chi connectivity index (χ1) is 6.81. The van der Waals surface area contributed by atoms with Gasteiger partial charge in [-0.05, 0) is 38.1 Å². The molecule has 2 atom stereocenters. The van der Waals surface area contributed by atoms with Crippen LogP contribution in [0.3, 0.4) is 0 Å². The van der Waals surface area contributed by atoms with Gasteiger partial charge in [-0.15, -0.1) is 0 Å². The van der Waals surface area contributed by atoms with Crippen LogP contribution in [0.1, 0.15) is 17.3 Å². The van der Waals surface area contributed by atoms with Gasteiger partial charge in [0.15, 0.2) is 0 Å². The lowest BCUT2D eigenvalue weighted by atomic mass is 9.92. The van der Waals surface area contributed by atoms with Crippen LogP contribution in [0, 0.1) is 12.8 Å². The van der Waals surface area contributed by atoms with Crippen molar-refractivity contribution in [2.75, 3.05) is 19.6 Å². The maximum atomic E-state index is 5.73. The minimum Gasteiger partial charge on any atom is -0.330 e. The number of nitrogens with one attached hydrogen (secondary N) is 1. The molecular weight excluding hydrogens is 174 g/mol. The van der Waals surface area contributed by atoms with Gasteiger partial charge in [0.25, 0.3) is 0 Å². The summed E-state index contributed by atoms with van der Waals surface area (Å²) in [6.45, 7) is 4.81. The third kappa shape index (κ3) is 1.79. The molecule has 2 heterocycles. The number of hydrogen-bond donors (Lipinski definition) is 2. The lowest BCUT2D eigenvalue weighted by Crippen LogP contribution is -2.21. The van der Waals surface area contributed by atoms with E-state index in [0.29, 0.717) is 11.8 Å². The smallest absolute Gasteiger partial charge is 0.0454 e. The van der Waals surface area contributed by atoms with Gasteiger partial charge < -0.3 is 11.1 Å². The number of nitrogens with two attached hydrogens (primary N) is 1. The fourth-order valence-electron chi connectivity index (χ4n) is 2.10. The van der Waals surface area contributed by atoms with Crippen molar-refractivity contribution in [1.29, 1.82) is 0 Å². The molecule has 3 N–H and O–H groups in total. The summed E-state index contributed by atoms with van der Waals surface area (Å²) in [6.07, 6.45) is 0. The van der Waals surface area contributed by atoms with Crippen LogP contribution in [0.15, 0.2) is 18.2 Å². The Kier molecular flexibility index (Phi) is 2.79. The third-order valence-corrected chi connectivity index (χ3v) is 2.93. The quantitative estimate of drug-likeness (QED) is 0.721. The van der Waals surface area contributed by atoms with E-state index in [1.165, 1.54) is 5.69 Å². The summed E-state index contributed by atoms with van der Waals surface area (Å²) < 4.78 is 0. The van der Waals surface area contributed by atoms with E-state index >= 15 is 0 Å². The molecule has 0 amide bonds. The number of aromatic nitrogens is 1. The van der Waals surface area contributed by atoms with E-state index in [-0.39, 0.29) is 0 Å². The second kappa shape index (κ2) is 4.07. The second-order valence-corrected chi connectivity index (χ2v) is 3.96. The Hall–Kier alpha value is -0.930. The van der Waals surface area contributed by atoms with Gasteiger partial charge in [0.05, 0.1) is 0 Å². The van der Waals surface area contributed by atoms with Crippen LogP contribution in [0.25, 0.3) is 0 Å². The van der Waals surface area contributed by atoms with E-state index in [1.54, 1.807) is 0 Å². The molecule has 0 aromatic carbocycles. The van der Waals surface area contributed by atoms with E-state index in [4.69, 9.17) is 5.73 Å². The predicted octanol–water partition coefficient (Wildman–Crippen LogP) is 0.652. The summed E-state index contributed by atoms with van der Waals surface area (Å²) in [5.74, 6) is 1.05. The number of hydrogen-bond acceptors (Lipinski definition) is 3. The van der Waals surface area contributed by atoms with Gasteiger partial charge in [0.1, 0.15) is 0 Å². The van der Waals surface area contributed by atoms with Crippen LogP contribution >= 0.6 is 0 Å². The summed E-state index contributed by atoms with van der Waals surface area (Å²) in [5, 5.41) is 3.37. The number of rotatable bonds is 2. The molecule has 0 aliphatic carbocycles. The Morgan fingerprint density at radius 2 is 2.36 bits per heavy atom. The molecule has 1 aliphatic heterocycles.